The first kappa shape index (κ1) is 18.3. The summed E-state index contributed by atoms with van der Waals surface area (Å²) in [6.45, 7) is 8.09. The lowest BCUT2D eigenvalue weighted by atomic mass is 9.93. The summed E-state index contributed by atoms with van der Waals surface area (Å²) in [7, 11) is 0. The summed E-state index contributed by atoms with van der Waals surface area (Å²) in [4.78, 5) is 25.8. The maximum Gasteiger partial charge on any atom is 0.321 e. The minimum absolute atomic E-state index is 0.0177. The minimum atomic E-state index is -0.0177. The summed E-state index contributed by atoms with van der Waals surface area (Å²) in [5.41, 5.74) is 1.95. The third-order valence-corrected chi connectivity index (χ3v) is 4.66. The van der Waals surface area contributed by atoms with E-state index in [0.717, 1.165) is 50.1 Å². The number of urea groups is 1. The van der Waals surface area contributed by atoms with Crippen LogP contribution in [0.4, 0.5) is 10.5 Å². The number of carbonyl (C=O) groups is 2. The topological polar surface area (TPSA) is 61.4 Å². The van der Waals surface area contributed by atoms with Crippen molar-refractivity contribution in [2.45, 2.75) is 40.0 Å². The molecule has 1 aromatic rings. The molecular formula is C19H29N3O2. The summed E-state index contributed by atoms with van der Waals surface area (Å²) < 4.78 is 0. The van der Waals surface area contributed by atoms with Gasteiger partial charge in [-0.3, -0.25) is 4.79 Å². The second-order valence-corrected chi connectivity index (χ2v) is 6.91. The number of aryl methyl sites for hydroxylation is 1. The first-order valence-corrected chi connectivity index (χ1v) is 8.86. The van der Waals surface area contributed by atoms with E-state index in [1.165, 1.54) is 0 Å². The van der Waals surface area contributed by atoms with Gasteiger partial charge in [0.15, 0.2) is 0 Å². The van der Waals surface area contributed by atoms with E-state index in [9.17, 15) is 9.59 Å². The largest absolute Gasteiger partial charge is 0.356 e. The number of piperidine rings is 1. The van der Waals surface area contributed by atoms with Gasteiger partial charge < -0.3 is 15.5 Å². The van der Waals surface area contributed by atoms with Gasteiger partial charge in [-0.25, -0.2) is 4.79 Å². The highest BCUT2D eigenvalue weighted by atomic mass is 16.2. The maximum absolute atomic E-state index is 12.4. The van der Waals surface area contributed by atoms with E-state index >= 15 is 0 Å². The van der Waals surface area contributed by atoms with E-state index in [0.29, 0.717) is 5.92 Å². The fraction of sp³-hybridized carbons (Fsp3) is 0.579. The smallest absolute Gasteiger partial charge is 0.321 e. The highest BCUT2D eigenvalue weighted by Crippen LogP contribution is 2.21. The summed E-state index contributed by atoms with van der Waals surface area (Å²) in [6.07, 6.45) is 2.99. The van der Waals surface area contributed by atoms with Gasteiger partial charge >= 0.3 is 6.03 Å². The zero-order chi connectivity index (χ0) is 17.5. The van der Waals surface area contributed by atoms with Crippen molar-refractivity contribution in [3.05, 3.63) is 29.8 Å². The van der Waals surface area contributed by atoms with E-state index < -0.39 is 0 Å². The Balaban J connectivity index is 1.71. The number of anilines is 1. The summed E-state index contributed by atoms with van der Waals surface area (Å²) in [6, 6.07) is 7.80. The van der Waals surface area contributed by atoms with Gasteiger partial charge in [0.2, 0.25) is 5.91 Å². The normalized spacial score (nSPS) is 15.4. The van der Waals surface area contributed by atoms with Crippen molar-refractivity contribution in [2.75, 3.05) is 25.0 Å². The molecule has 2 N–H and O–H groups in total. The monoisotopic (exact) mass is 331 g/mol. The Hall–Kier alpha value is -2.04. The average Bonchev–Trinajstić information content (AvgIpc) is 2.57. The molecule has 1 aromatic carbocycles. The first-order chi connectivity index (χ1) is 11.5. The van der Waals surface area contributed by atoms with Gasteiger partial charge in [0.25, 0.3) is 0 Å². The van der Waals surface area contributed by atoms with Crippen LogP contribution in [0.2, 0.25) is 0 Å². The van der Waals surface area contributed by atoms with Gasteiger partial charge in [0, 0.05) is 31.2 Å². The lowest BCUT2D eigenvalue weighted by molar-refractivity contribution is -0.124. The molecule has 24 heavy (non-hydrogen) atoms. The highest BCUT2D eigenvalue weighted by Gasteiger charge is 2.23. The number of nitrogens with one attached hydrogen (secondary N) is 2. The van der Waals surface area contributed by atoms with E-state index in [2.05, 4.69) is 10.6 Å². The fourth-order valence-electron chi connectivity index (χ4n) is 2.94. The molecule has 1 fully saturated rings. The molecule has 0 atom stereocenters. The molecule has 1 aliphatic heterocycles. The van der Waals surface area contributed by atoms with Gasteiger partial charge in [-0.1, -0.05) is 32.0 Å². The molecule has 0 unspecified atom stereocenters. The van der Waals surface area contributed by atoms with Crippen molar-refractivity contribution in [3.8, 4) is 0 Å². The zero-order valence-corrected chi connectivity index (χ0v) is 15.0. The van der Waals surface area contributed by atoms with E-state index in [1.54, 1.807) is 0 Å². The van der Waals surface area contributed by atoms with Crippen molar-refractivity contribution in [1.29, 1.82) is 0 Å². The lowest BCUT2D eigenvalue weighted by Gasteiger charge is -2.32. The molecule has 1 aliphatic rings. The molecule has 3 amide bonds. The third-order valence-electron chi connectivity index (χ3n) is 4.66. The Morgan fingerprint density at radius 3 is 2.50 bits per heavy atom. The maximum atomic E-state index is 12.4. The number of likely N-dealkylation sites (tertiary alicyclic amines) is 1. The molecule has 5 heteroatoms. The summed E-state index contributed by atoms with van der Waals surface area (Å²) in [5, 5.41) is 5.97. The molecule has 0 spiro atoms. The number of amides is 3. The van der Waals surface area contributed by atoms with Crippen LogP contribution >= 0.6 is 0 Å². The van der Waals surface area contributed by atoms with Crippen LogP contribution in [-0.4, -0.2) is 36.5 Å². The minimum Gasteiger partial charge on any atom is -0.356 e. The first-order valence-electron chi connectivity index (χ1n) is 8.86. The van der Waals surface area contributed by atoms with E-state index in [4.69, 9.17) is 0 Å². The van der Waals surface area contributed by atoms with Crippen molar-refractivity contribution in [2.24, 2.45) is 11.8 Å². The second kappa shape index (κ2) is 8.71. The molecule has 0 aliphatic carbocycles. The Bertz CT molecular complexity index is 563. The number of carbonyl (C=O) groups excluding carboxylic acids is 2. The SMILES string of the molecule is Cc1ccccc1NC(=O)N1CCC(CCNC(=O)C(C)C)CC1. The summed E-state index contributed by atoms with van der Waals surface area (Å²) in [5.74, 6) is 0.738. The predicted octanol–water partition coefficient (Wildman–Crippen LogP) is 3.40. The number of benzene rings is 1. The van der Waals surface area contributed by atoms with Crippen LogP contribution < -0.4 is 10.6 Å². The van der Waals surface area contributed by atoms with Gasteiger partial charge in [-0.2, -0.15) is 0 Å². The predicted molar refractivity (Wildman–Crippen MR) is 97.0 cm³/mol. The number of para-hydroxylation sites is 1. The number of hydrogen-bond donors (Lipinski definition) is 2. The standard InChI is InChI=1S/C19H29N3O2/c1-14(2)18(23)20-11-8-16-9-12-22(13-10-16)19(24)21-17-7-5-4-6-15(17)3/h4-7,14,16H,8-13H2,1-3H3,(H,20,23)(H,21,24). The van der Waals surface area contributed by atoms with Crippen molar-refractivity contribution >= 4 is 17.6 Å². The van der Waals surface area contributed by atoms with Crippen LogP contribution in [0, 0.1) is 18.8 Å². The Morgan fingerprint density at radius 2 is 1.88 bits per heavy atom. The van der Waals surface area contributed by atoms with Crippen LogP contribution in [0.3, 0.4) is 0 Å². The molecule has 2 rings (SSSR count). The van der Waals surface area contributed by atoms with Crippen LogP contribution in [0.15, 0.2) is 24.3 Å². The Kier molecular flexibility index (Phi) is 6.64. The van der Waals surface area contributed by atoms with Crippen LogP contribution in [0.1, 0.15) is 38.7 Å². The van der Waals surface area contributed by atoms with Crippen molar-refractivity contribution < 1.29 is 9.59 Å². The second-order valence-electron chi connectivity index (χ2n) is 6.91. The molecule has 0 bridgehead atoms. The Labute approximate surface area is 144 Å². The summed E-state index contributed by atoms with van der Waals surface area (Å²) >= 11 is 0. The number of nitrogens with zero attached hydrogens (tertiary/aromatic N) is 1. The molecular weight excluding hydrogens is 302 g/mol. The van der Waals surface area contributed by atoms with Gasteiger partial charge in [0.05, 0.1) is 0 Å². The molecule has 0 saturated carbocycles. The van der Waals surface area contributed by atoms with Gasteiger partial charge in [-0.05, 0) is 43.7 Å². The van der Waals surface area contributed by atoms with Gasteiger partial charge in [0.1, 0.15) is 0 Å². The lowest BCUT2D eigenvalue weighted by Crippen LogP contribution is -2.41. The van der Waals surface area contributed by atoms with E-state index in [-0.39, 0.29) is 17.9 Å². The molecule has 132 valence electrons. The molecule has 1 heterocycles. The number of rotatable bonds is 5. The van der Waals surface area contributed by atoms with Crippen LogP contribution in [-0.2, 0) is 4.79 Å². The average molecular weight is 331 g/mol. The quantitative estimate of drug-likeness (QED) is 0.868. The number of hydrogen-bond acceptors (Lipinski definition) is 2. The third kappa shape index (κ3) is 5.25. The van der Waals surface area contributed by atoms with Gasteiger partial charge in [-0.15, -0.1) is 0 Å². The van der Waals surface area contributed by atoms with Crippen LogP contribution in [0.25, 0.3) is 0 Å². The molecule has 5 nitrogen and oxygen atoms in total. The molecule has 0 radical (unpaired) electrons. The zero-order valence-electron chi connectivity index (χ0n) is 15.0. The molecule has 1 saturated heterocycles. The highest BCUT2D eigenvalue weighted by molar-refractivity contribution is 5.90. The fourth-order valence-corrected chi connectivity index (χ4v) is 2.94. The molecule has 0 aromatic heterocycles. The van der Waals surface area contributed by atoms with Crippen molar-refractivity contribution in [1.82, 2.24) is 10.2 Å². The van der Waals surface area contributed by atoms with Crippen LogP contribution in [0.5, 0.6) is 0 Å². The van der Waals surface area contributed by atoms with E-state index in [1.807, 2.05) is 49.9 Å². The van der Waals surface area contributed by atoms with Crippen molar-refractivity contribution in [3.63, 3.8) is 0 Å². The Morgan fingerprint density at radius 1 is 1.21 bits per heavy atom.